The molecule has 0 aliphatic rings. The number of nitrogens with zero attached hydrogens (tertiary/aromatic N) is 2. The van der Waals surface area contributed by atoms with Crippen LogP contribution in [0.4, 0.5) is 0 Å². The monoisotopic (exact) mass is 365 g/mol. The summed E-state index contributed by atoms with van der Waals surface area (Å²) in [6.07, 6.45) is 2.02. The first kappa shape index (κ1) is 16.4. The van der Waals surface area contributed by atoms with Gasteiger partial charge in [-0.25, -0.2) is 4.98 Å². The Balaban J connectivity index is 1.80. The van der Waals surface area contributed by atoms with Gasteiger partial charge in [0.15, 0.2) is 0 Å². The van der Waals surface area contributed by atoms with Crippen LogP contribution in [0.15, 0.2) is 85.6 Å². The molecule has 0 fully saturated rings. The second-order valence-electron chi connectivity index (χ2n) is 6.72. The Bertz CT molecular complexity index is 1280. The van der Waals surface area contributed by atoms with Crippen LogP contribution in [0, 0.1) is 0 Å². The molecule has 0 radical (unpaired) electrons. The molecule has 0 aliphatic heterocycles. The second-order valence-corrected chi connectivity index (χ2v) is 6.72. The van der Waals surface area contributed by atoms with Gasteiger partial charge in [-0.2, -0.15) is 0 Å². The van der Waals surface area contributed by atoms with Crippen molar-refractivity contribution in [3.8, 4) is 22.6 Å². The quantitative estimate of drug-likeness (QED) is 0.411. The van der Waals surface area contributed by atoms with Gasteiger partial charge in [-0.1, -0.05) is 55.1 Å². The molecule has 28 heavy (non-hydrogen) atoms. The van der Waals surface area contributed by atoms with Gasteiger partial charge < -0.3 is 9.72 Å². The van der Waals surface area contributed by atoms with Crippen molar-refractivity contribution in [1.82, 2.24) is 14.4 Å². The molecule has 3 aromatic heterocycles. The number of ether oxygens (including phenoxy) is 1. The first-order chi connectivity index (χ1) is 13.7. The van der Waals surface area contributed by atoms with E-state index < -0.39 is 0 Å². The lowest BCUT2D eigenvalue weighted by atomic mass is 10.1. The van der Waals surface area contributed by atoms with E-state index in [0.29, 0.717) is 5.76 Å². The molecule has 0 bridgehead atoms. The maximum atomic E-state index is 5.29. The summed E-state index contributed by atoms with van der Waals surface area (Å²) in [6, 6.07) is 24.8. The van der Waals surface area contributed by atoms with E-state index in [0.717, 1.165) is 39.4 Å². The third-order valence-corrected chi connectivity index (χ3v) is 5.03. The first-order valence-corrected chi connectivity index (χ1v) is 9.13. The van der Waals surface area contributed by atoms with Gasteiger partial charge in [0.1, 0.15) is 17.1 Å². The fourth-order valence-corrected chi connectivity index (χ4v) is 3.60. The highest BCUT2D eigenvalue weighted by atomic mass is 16.5. The van der Waals surface area contributed by atoms with Crippen LogP contribution < -0.4 is 0 Å². The van der Waals surface area contributed by atoms with Gasteiger partial charge in [-0.15, -0.1) is 0 Å². The zero-order valence-electron chi connectivity index (χ0n) is 15.5. The maximum absolute atomic E-state index is 5.29. The number of para-hydroxylation sites is 1. The van der Waals surface area contributed by atoms with Crippen LogP contribution in [0.2, 0.25) is 0 Å². The largest absolute Gasteiger partial charge is 0.497 e. The highest BCUT2D eigenvalue weighted by Crippen LogP contribution is 2.34. The second kappa shape index (κ2) is 6.43. The number of hydrogen-bond acceptors (Lipinski definition) is 2. The average molecular weight is 365 g/mol. The molecule has 0 atom stereocenters. The molecule has 3 heterocycles. The molecule has 0 unspecified atom stereocenters. The van der Waals surface area contributed by atoms with Crippen LogP contribution in [0.1, 0.15) is 5.56 Å². The number of nitrogens with one attached hydrogen (secondary N) is 1. The minimum absolute atomic E-state index is 0.624. The Labute approximate surface area is 162 Å². The van der Waals surface area contributed by atoms with Crippen molar-refractivity contribution in [2.75, 3.05) is 7.11 Å². The fraction of sp³-hybridized carbons (Fsp3) is 0.0417. The summed E-state index contributed by atoms with van der Waals surface area (Å²) in [5.74, 6) is 0.624. The SMILES string of the molecule is C=C(OC)c1ccn2c(-c3ccccc3)c(-c3cc4ccccc4[nH]3)nc2c1. The van der Waals surface area contributed by atoms with E-state index in [2.05, 4.69) is 46.3 Å². The van der Waals surface area contributed by atoms with Gasteiger partial charge in [0, 0.05) is 28.2 Å². The van der Waals surface area contributed by atoms with E-state index in [1.54, 1.807) is 7.11 Å². The van der Waals surface area contributed by atoms with Crippen molar-refractivity contribution in [1.29, 1.82) is 0 Å². The number of fused-ring (bicyclic) bond motifs is 2. The zero-order chi connectivity index (χ0) is 19.1. The molecule has 0 spiro atoms. The molecule has 0 saturated carbocycles. The number of H-pyrrole nitrogens is 1. The number of pyridine rings is 1. The van der Waals surface area contributed by atoms with Crippen molar-refractivity contribution >= 4 is 22.3 Å². The fourth-order valence-electron chi connectivity index (χ4n) is 3.60. The van der Waals surface area contributed by atoms with Crippen molar-refractivity contribution < 1.29 is 4.74 Å². The minimum Gasteiger partial charge on any atom is -0.497 e. The number of aromatic amines is 1. The molecule has 4 nitrogen and oxygen atoms in total. The third-order valence-electron chi connectivity index (χ3n) is 5.03. The van der Waals surface area contributed by atoms with Gasteiger partial charge >= 0.3 is 0 Å². The molecule has 0 saturated heterocycles. The zero-order valence-corrected chi connectivity index (χ0v) is 15.5. The van der Waals surface area contributed by atoms with Gasteiger partial charge in [0.2, 0.25) is 0 Å². The number of aromatic nitrogens is 3. The molecule has 0 amide bonds. The molecule has 0 aliphatic carbocycles. The smallest absolute Gasteiger partial charge is 0.138 e. The third kappa shape index (κ3) is 2.58. The molecule has 2 aromatic carbocycles. The Morgan fingerprint density at radius 2 is 1.79 bits per heavy atom. The van der Waals surface area contributed by atoms with Crippen LogP contribution in [0.5, 0.6) is 0 Å². The van der Waals surface area contributed by atoms with E-state index >= 15 is 0 Å². The van der Waals surface area contributed by atoms with E-state index in [-0.39, 0.29) is 0 Å². The van der Waals surface area contributed by atoms with Crippen LogP contribution in [-0.4, -0.2) is 21.5 Å². The van der Waals surface area contributed by atoms with Crippen LogP contribution in [0.3, 0.4) is 0 Å². The summed E-state index contributed by atoms with van der Waals surface area (Å²) in [6.45, 7) is 3.96. The molecular weight excluding hydrogens is 346 g/mol. The molecule has 5 aromatic rings. The van der Waals surface area contributed by atoms with E-state index in [4.69, 9.17) is 9.72 Å². The van der Waals surface area contributed by atoms with Gasteiger partial charge in [0.25, 0.3) is 0 Å². The van der Waals surface area contributed by atoms with Crippen molar-refractivity contribution in [3.63, 3.8) is 0 Å². The van der Waals surface area contributed by atoms with E-state index in [1.807, 2.05) is 48.7 Å². The number of hydrogen-bond donors (Lipinski definition) is 1. The Kier molecular flexibility index (Phi) is 3.76. The molecule has 5 rings (SSSR count). The topological polar surface area (TPSA) is 42.3 Å². The molecule has 4 heteroatoms. The Hall–Kier alpha value is -3.79. The summed E-state index contributed by atoms with van der Waals surface area (Å²) >= 11 is 0. The van der Waals surface area contributed by atoms with Crippen molar-refractivity contribution in [2.45, 2.75) is 0 Å². The van der Waals surface area contributed by atoms with Crippen molar-refractivity contribution in [2.24, 2.45) is 0 Å². The average Bonchev–Trinajstić information content (AvgIpc) is 3.34. The van der Waals surface area contributed by atoms with Crippen molar-refractivity contribution in [3.05, 3.63) is 91.1 Å². The Morgan fingerprint density at radius 1 is 1.00 bits per heavy atom. The van der Waals surface area contributed by atoms with Crippen LogP contribution in [-0.2, 0) is 4.74 Å². The molecule has 1 N–H and O–H groups in total. The summed E-state index contributed by atoms with van der Waals surface area (Å²) < 4.78 is 7.41. The summed E-state index contributed by atoms with van der Waals surface area (Å²) in [5.41, 5.74) is 6.95. The number of rotatable bonds is 4. The lowest BCUT2D eigenvalue weighted by Gasteiger charge is -2.07. The van der Waals surface area contributed by atoms with Gasteiger partial charge in [-0.05, 0) is 24.3 Å². The van der Waals surface area contributed by atoms with Crippen LogP contribution in [0.25, 0.3) is 45.0 Å². The summed E-state index contributed by atoms with van der Waals surface area (Å²) in [4.78, 5) is 8.48. The van der Waals surface area contributed by atoms with Gasteiger partial charge in [-0.3, -0.25) is 4.40 Å². The minimum atomic E-state index is 0.624. The first-order valence-electron chi connectivity index (χ1n) is 9.13. The maximum Gasteiger partial charge on any atom is 0.138 e. The number of methoxy groups -OCH3 is 1. The number of benzene rings is 2. The Morgan fingerprint density at radius 3 is 2.57 bits per heavy atom. The normalized spacial score (nSPS) is 11.2. The lowest BCUT2D eigenvalue weighted by Crippen LogP contribution is -1.92. The lowest BCUT2D eigenvalue weighted by molar-refractivity contribution is 0.371. The van der Waals surface area contributed by atoms with E-state index in [9.17, 15) is 0 Å². The molecule has 136 valence electrons. The van der Waals surface area contributed by atoms with Crippen LogP contribution >= 0.6 is 0 Å². The highest BCUT2D eigenvalue weighted by molar-refractivity contribution is 5.89. The highest BCUT2D eigenvalue weighted by Gasteiger charge is 2.18. The van der Waals surface area contributed by atoms with E-state index in [1.165, 1.54) is 5.39 Å². The standard InChI is InChI=1S/C24H19N3O/c1-16(28-2)18-12-13-27-22(15-18)26-23(24(27)17-8-4-3-5-9-17)21-14-19-10-6-7-11-20(19)25-21/h3-15,25H,1H2,2H3. The summed E-state index contributed by atoms with van der Waals surface area (Å²) in [5, 5.41) is 1.17. The molecular formula is C24H19N3O. The predicted octanol–water partition coefficient (Wildman–Crippen LogP) is 5.77. The predicted molar refractivity (Wildman–Crippen MR) is 114 cm³/mol. The number of imidazole rings is 1. The van der Waals surface area contributed by atoms with Gasteiger partial charge in [0.05, 0.1) is 18.5 Å². The summed E-state index contributed by atoms with van der Waals surface area (Å²) in [7, 11) is 1.63.